The molecule has 0 radical (unpaired) electrons. The summed E-state index contributed by atoms with van der Waals surface area (Å²) < 4.78 is 39.8. The molecule has 0 aliphatic carbocycles. The average molecular weight is 329 g/mol. The standard InChI is InChI=1S/C19H14F3NO/c1-23-11-16(13-5-3-2-4-6-13)18(24)17(12-23)14-7-9-15(10-8-14)19(20,21)22/h2-12H,1H3. The maximum atomic E-state index is 12.8. The van der Waals surface area contributed by atoms with Gasteiger partial charge in [-0.1, -0.05) is 42.5 Å². The third-order valence-corrected chi connectivity index (χ3v) is 3.76. The van der Waals surface area contributed by atoms with Crippen molar-refractivity contribution in [3.8, 4) is 22.3 Å². The Morgan fingerprint density at radius 1 is 0.792 bits per heavy atom. The van der Waals surface area contributed by atoms with Gasteiger partial charge in [-0.25, -0.2) is 0 Å². The number of pyridine rings is 1. The number of hydrogen-bond acceptors (Lipinski definition) is 1. The summed E-state index contributed by atoms with van der Waals surface area (Å²) in [4.78, 5) is 12.8. The molecule has 122 valence electrons. The van der Waals surface area contributed by atoms with Crippen LogP contribution < -0.4 is 5.43 Å². The van der Waals surface area contributed by atoms with E-state index in [9.17, 15) is 18.0 Å². The van der Waals surface area contributed by atoms with Gasteiger partial charge in [-0.2, -0.15) is 13.2 Å². The van der Waals surface area contributed by atoms with Crippen molar-refractivity contribution in [3.63, 3.8) is 0 Å². The molecule has 0 saturated heterocycles. The van der Waals surface area contributed by atoms with Gasteiger partial charge in [0.25, 0.3) is 0 Å². The van der Waals surface area contributed by atoms with Gasteiger partial charge in [0, 0.05) is 30.6 Å². The lowest BCUT2D eigenvalue weighted by Crippen LogP contribution is -2.12. The zero-order valence-corrected chi connectivity index (χ0v) is 12.8. The fourth-order valence-electron chi connectivity index (χ4n) is 2.57. The van der Waals surface area contributed by atoms with Gasteiger partial charge in [0.15, 0.2) is 5.43 Å². The molecule has 0 fully saturated rings. The fourth-order valence-corrected chi connectivity index (χ4v) is 2.57. The zero-order chi connectivity index (χ0) is 17.3. The SMILES string of the molecule is Cn1cc(-c2ccccc2)c(=O)c(-c2ccc(C(F)(F)F)cc2)c1. The molecule has 5 heteroatoms. The van der Waals surface area contributed by atoms with Gasteiger partial charge in [0.05, 0.1) is 5.56 Å². The lowest BCUT2D eigenvalue weighted by Gasteiger charge is -2.10. The third kappa shape index (κ3) is 3.11. The number of alkyl halides is 3. The molecule has 0 atom stereocenters. The van der Waals surface area contributed by atoms with E-state index in [1.165, 1.54) is 12.1 Å². The highest BCUT2D eigenvalue weighted by Gasteiger charge is 2.30. The van der Waals surface area contributed by atoms with Crippen LogP contribution in [0.25, 0.3) is 22.3 Å². The Labute approximate surface area is 136 Å². The van der Waals surface area contributed by atoms with Crippen LogP contribution in [0.15, 0.2) is 71.8 Å². The van der Waals surface area contributed by atoms with E-state index >= 15 is 0 Å². The average Bonchev–Trinajstić information content (AvgIpc) is 2.57. The van der Waals surface area contributed by atoms with Crippen LogP contribution in [0, 0.1) is 0 Å². The van der Waals surface area contributed by atoms with Crippen molar-refractivity contribution in [3.05, 3.63) is 82.8 Å². The van der Waals surface area contributed by atoms with Crippen molar-refractivity contribution < 1.29 is 13.2 Å². The van der Waals surface area contributed by atoms with E-state index in [0.717, 1.165) is 17.7 Å². The van der Waals surface area contributed by atoms with E-state index in [0.29, 0.717) is 16.7 Å². The normalized spacial score (nSPS) is 11.5. The van der Waals surface area contributed by atoms with Gasteiger partial charge < -0.3 is 4.57 Å². The van der Waals surface area contributed by atoms with Crippen LogP contribution in [0.2, 0.25) is 0 Å². The van der Waals surface area contributed by atoms with E-state index in [2.05, 4.69) is 0 Å². The van der Waals surface area contributed by atoms with Crippen LogP contribution in [-0.4, -0.2) is 4.57 Å². The molecular weight excluding hydrogens is 315 g/mol. The molecule has 2 nitrogen and oxygen atoms in total. The molecule has 0 unspecified atom stereocenters. The Hall–Kier alpha value is -2.82. The van der Waals surface area contributed by atoms with Gasteiger partial charge in [-0.3, -0.25) is 4.79 Å². The van der Waals surface area contributed by atoms with Crippen molar-refractivity contribution in [2.45, 2.75) is 6.18 Å². The quantitative estimate of drug-likeness (QED) is 0.666. The monoisotopic (exact) mass is 329 g/mol. The van der Waals surface area contributed by atoms with Crippen LogP contribution >= 0.6 is 0 Å². The lowest BCUT2D eigenvalue weighted by atomic mass is 10.00. The largest absolute Gasteiger partial charge is 0.416 e. The highest BCUT2D eigenvalue weighted by molar-refractivity contribution is 5.71. The highest BCUT2D eigenvalue weighted by Crippen LogP contribution is 2.30. The van der Waals surface area contributed by atoms with E-state index in [4.69, 9.17) is 0 Å². The zero-order valence-electron chi connectivity index (χ0n) is 12.8. The Morgan fingerprint density at radius 2 is 1.29 bits per heavy atom. The molecule has 1 aromatic heterocycles. The summed E-state index contributed by atoms with van der Waals surface area (Å²) in [5.41, 5.74) is 1.16. The molecule has 0 aliphatic rings. The number of rotatable bonds is 2. The maximum Gasteiger partial charge on any atom is 0.416 e. The van der Waals surface area contributed by atoms with E-state index < -0.39 is 11.7 Å². The highest BCUT2D eigenvalue weighted by atomic mass is 19.4. The molecule has 0 saturated carbocycles. The van der Waals surface area contributed by atoms with Crippen molar-refractivity contribution in [2.75, 3.05) is 0 Å². The topological polar surface area (TPSA) is 22.0 Å². The molecule has 0 bridgehead atoms. The van der Waals surface area contributed by atoms with Crippen LogP contribution in [0.4, 0.5) is 13.2 Å². The van der Waals surface area contributed by atoms with Crippen LogP contribution in [0.3, 0.4) is 0 Å². The molecule has 1 heterocycles. The molecule has 0 amide bonds. The van der Waals surface area contributed by atoms with Crippen molar-refractivity contribution in [1.82, 2.24) is 4.57 Å². The summed E-state index contributed by atoms with van der Waals surface area (Å²) >= 11 is 0. The summed E-state index contributed by atoms with van der Waals surface area (Å²) in [5.74, 6) is 0. The summed E-state index contributed by atoms with van der Waals surface area (Å²) in [6, 6.07) is 13.8. The Bertz CT molecular complexity index is 910. The minimum atomic E-state index is -4.39. The smallest absolute Gasteiger partial charge is 0.356 e. The van der Waals surface area contributed by atoms with Crippen molar-refractivity contribution >= 4 is 0 Å². The summed E-state index contributed by atoms with van der Waals surface area (Å²) in [5, 5.41) is 0. The van der Waals surface area contributed by atoms with Crippen LogP contribution in [-0.2, 0) is 13.2 Å². The Kier molecular flexibility index (Phi) is 4.01. The molecule has 0 aliphatic heterocycles. The summed E-state index contributed by atoms with van der Waals surface area (Å²) in [6.07, 6.45) is -1.06. The second-order valence-corrected chi connectivity index (χ2v) is 5.52. The number of nitrogens with zero attached hydrogens (tertiary/aromatic N) is 1. The molecule has 3 rings (SSSR count). The van der Waals surface area contributed by atoms with Gasteiger partial charge >= 0.3 is 6.18 Å². The van der Waals surface area contributed by atoms with E-state index in [-0.39, 0.29) is 5.43 Å². The first kappa shape index (κ1) is 16.1. The number of halogens is 3. The first-order chi connectivity index (χ1) is 11.4. The number of benzene rings is 2. The third-order valence-electron chi connectivity index (χ3n) is 3.76. The molecule has 2 aromatic carbocycles. The van der Waals surface area contributed by atoms with Gasteiger partial charge in [0.1, 0.15) is 0 Å². The molecule has 0 spiro atoms. The number of aryl methyl sites for hydroxylation is 1. The summed E-state index contributed by atoms with van der Waals surface area (Å²) in [6.45, 7) is 0. The van der Waals surface area contributed by atoms with E-state index in [1.54, 1.807) is 24.0 Å². The van der Waals surface area contributed by atoms with Gasteiger partial charge in [-0.15, -0.1) is 0 Å². The molecule has 0 N–H and O–H groups in total. The van der Waals surface area contributed by atoms with Gasteiger partial charge in [-0.05, 0) is 23.3 Å². The minimum Gasteiger partial charge on any atom is -0.356 e. The first-order valence-corrected chi connectivity index (χ1v) is 7.29. The molecule has 3 aromatic rings. The second kappa shape index (κ2) is 6.00. The fraction of sp³-hybridized carbons (Fsp3) is 0.105. The second-order valence-electron chi connectivity index (χ2n) is 5.52. The molecular formula is C19H14F3NO. The van der Waals surface area contributed by atoms with E-state index in [1.807, 2.05) is 30.3 Å². The Morgan fingerprint density at radius 3 is 1.79 bits per heavy atom. The predicted octanol–water partition coefficient (Wildman–Crippen LogP) is 4.74. The predicted molar refractivity (Wildman–Crippen MR) is 87.6 cm³/mol. The summed E-state index contributed by atoms with van der Waals surface area (Å²) in [7, 11) is 1.78. The van der Waals surface area contributed by atoms with Crippen molar-refractivity contribution in [2.24, 2.45) is 7.05 Å². The van der Waals surface area contributed by atoms with Crippen LogP contribution in [0.1, 0.15) is 5.56 Å². The first-order valence-electron chi connectivity index (χ1n) is 7.29. The Balaban J connectivity index is 2.13. The lowest BCUT2D eigenvalue weighted by molar-refractivity contribution is -0.137. The van der Waals surface area contributed by atoms with Crippen LogP contribution in [0.5, 0.6) is 0 Å². The molecule has 24 heavy (non-hydrogen) atoms. The maximum absolute atomic E-state index is 12.8. The van der Waals surface area contributed by atoms with Crippen molar-refractivity contribution in [1.29, 1.82) is 0 Å². The minimum absolute atomic E-state index is 0.209. The number of aromatic nitrogens is 1. The number of hydrogen-bond donors (Lipinski definition) is 0. The van der Waals surface area contributed by atoms with Gasteiger partial charge in [0.2, 0.25) is 0 Å².